The van der Waals surface area contributed by atoms with Crippen molar-refractivity contribution in [1.29, 1.82) is 0 Å². The van der Waals surface area contributed by atoms with Crippen LogP contribution in [0.2, 0.25) is 0 Å². The molecule has 2 N–H and O–H groups in total. The van der Waals surface area contributed by atoms with E-state index in [2.05, 4.69) is 5.32 Å². The predicted octanol–water partition coefficient (Wildman–Crippen LogP) is 1.83. The van der Waals surface area contributed by atoms with Gasteiger partial charge in [0, 0.05) is 12.6 Å². The van der Waals surface area contributed by atoms with E-state index in [0.29, 0.717) is 6.42 Å². The van der Waals surface area contributed by atoms with Crippen molar-refractivity contribution >= 4 is 0 Å². The number of hydrogen-bond acceptors (Lipinski definition) is 2. The number of halogens is 3. The lowest BCUT2D eigenvalue weighted by Gasteiger charge is -2.28. The molecule has 1 aliphatic carbocycles. The van der Waals surface area contributed by atoms with Gasteiger partial charge in [0.15, 0.2) is 0 Å². The van der Waals surface area contributed by atoms with E-state index in [-0.39, 0.29) is 12.6 Å². The molecule has 0 aliphatic heterocycles. The summed E-state index contributed by atoms with van der Waals surface area (Å²) in [5.41, 5.74) is 0. The Labute approximate surface area is 81.5 Å². The van der Waals surface area contributed by atoms with Crippen LogP contribution in [-0.2, 0) is 0 Å². The van der Waals surface area contributed by atoms with Gasteiger partial charge in [-0.3, -0.25) is 0 Å². The number of hydrogen-bond donors (Lipinski definition) is 2. The SMILES string of the molecule is O[C@@H]1CCCC[C@H]1NCCC(F)(F)F. The van der Waals surface area contributed by atoms with Crippen LogP contribution in [0, 0.1) is 0 Å². The average molecular weight is 211 g/mol. The second kappa shape index (κ2) is 4.98. The lowest BCUT2D eigenvalue weighted by atomic mass is 9.92. The number of aliphatic hydroxyl groups is 1. The molecule has 0 radical (unpaired) electrons. The van der Waals surface area contributed by atoms with E-state index < -0.39 is 18.7 Å². The normalized spacial score (nSPS) is 29.1. The third kappa shape index (κ3) is 4.28. The lowest BCUT2D eigenvalue weighted by Crippen LogP contribution is -2.43. The van der Waals surface area contributed by atoms with E-state index in [1.807, 2.05) is 0 Å². The predicted molar refractivity (Wildman–Crippen MR) is 46.9 cm³/mol. The molecule has 0 aromatic rings. The molecular formula is C9H16F3NO. The Morgan fingerprint density at radius 1 is 1.21 bits per heavy atom. The van der Waals surface area contributed by atoms with E-state index in [1.165, 1.54) is 0 Å². The van der Waals surface area contributed by atoms with Crippen LogP contribution in [0.1, 0.15) is 32.1 Å². The minimum absolute atomic E-state index is 0.0920. The monoisotopic (exact) mass is 211 g/mol. The van der Waals surface area contributed by atoms with Crippen molar-refractivity contribution in [2.24, 2.45) is 0 Å². The summed E-state index contributed by atoms with van der Waals surface area (Å²) in [6.45, 7) is -0.0920. The summed E-state index contributed by atoms with van der Waals surface area (Å²) >= 11 is 0. The summed E-state index contributed by atoms with van der Waals surface area (Å²) in [5.74, 6) is 0. The van der Waals surface area contributed by atoms with Gasteiger partial charge in [0.2, 0.25) is 0 Å². The van der Waals surface area contributed by atoms with Gasteiger partial charge in [-0.2, -0.15) is 13.2 Å². The first kappa shape index (κ1) is 11.8. The maximum absolute atomic E-state index is 11.8. The minimum atomic E-state index is -4.10. The Morgan fingerprint density at radius 3 is 2.43 bits per heavy atom. The molecule has 0 amide bonds. The minimum Gasteiger partial charge on any atom is -0.392 e. The Kier molecular flexibility index (Phi) is 4.19. The maximum atomic E-state index is 11.8. The summed E-state index contributed by atoms with van der Waals surface area (Å²) in [7, 11) is 0. The van der Waals surface area contributed by atoms with Crippen molar-refractivity contribution in [3.8, 4) is 0 Å². The second-order valence-corrected chi connectivity index (χ2v) is 3.78. The summed E-state index contributed by atoms with van der Waals surface area (Å²) in [6, 6.07) is -0.147. The fraction of sp³-hybridized carbons (Fsp3) is 1.00. The van der Waals surface area contributed by atoms with Crippen LogP contribution in [-0.4, -0.2) is 30.0 Å². The van der Waals surface area contributed by atoms with Gasteiger partial charge in [0.05, 0.1) is 12.5 Å². The van der Waals surface area contributed by atoms with Crippen molar-refractivity contribution in [2.75, 3.05) is 6.54 Å². The van der Waals surface area contributed by atoms with Gasteiger partial charge in [-0.05, 0) is 12.8 Å². The average Bonchev–Trinajstić information content (AvgIpc) is 2.06. The summed E-state index contributed by atoms with van der Waals surface area (Å²) < 4.78 is 35.4. The first-order chi connectivity index (χ1) is 6.49. The molecule has 0 spiro atoms. The standard InChI is InChI=1S/C9H16F3NO/c10-9(11,12)5-6-13-7-3-1-2-4-8(7)14/h7-8,13-14H,1-6H2/t7-,8-/m1/s1. The molecule has 0 aromatic carbocycles. The van der Waals surface area contributed by atoms with Crippen LogP contribution in [0.25, 0.3) is 0 Å². The summed E-state index contributed by atoms with van der Waals surface area (Å²) in [5, 5.41) is 12.2. The zero-order valence-electron chi connectivity index (χ0n) is 7.98. The summed E-state index contributed by atoms with van der Waals surface area (Å²) in [6.07, 6.45) is -1.97. The lowest BCUT2D eigenvalue weighted by molar-refractivity contribution is -0.134. The van der Waals surface area contributed by atoms with Crippen LogP contribution in [0.4, 0.5) is 13.2 Å². The highest BCUT2D eigenvalue weighted by Crippen LogP contribution is 2.21. The Bertz CT molecular complexity index is 172. The van der Waals surface area contributed by atoms with Gasteiger partial charge in [-0.15, -0.1) is 0 Å². The van der Waals surface area contributed by atoms with Crippen LogP contribution >= 0.6 is 0 Å². The third-order valence-corrected chi connectivity index (χ3v) is 2.54. The quantitative estimate of drug-likeness (QED) is 0.746. The van der Waals surface area contributed by atoms with E-state index in [0.717, 1.165) is 19.3 Å². The number of rotatable bonds is 3. The highest BCUT2D eigenvalue weighted by atomic mass is 19.4. The topological polar surface area (TPSA) is 32.3 Å². The van der Waals surface area contributed by atoms with Gasteiger partial charge in [0.25, 0.3) is 0 Å². The largest absolute Gasteiger partial charge is 0.392 e. The molecule has 0 bridgehead atoms. The molecule has 0 saturated heterocycles. The van der Waals surface area contributed by atoms with Crippen molar-refractivity contribution in [2.45, 2.75) is 50.4 Å². The molecule has 5 heteroatoms. The second-order valence-electron chi connectivity index (χ2n) is 3.78. The van der Waals surface area contributed by atoms with Gasteiger partial charge in [-0.25, -0.2) is 0 Å². The summed E-state index contributed by atoms with van der Waals surface area (Å²) in [4.78, 5) is 0. The molecule has 0 unspecified atom stereocenters. The Hall–Kier alpha value is -0.290. The zero-order valence-corrected chi connectivity index (χ0v) is 7.98. The van der Waals surface area contributed by atoms with Gasteiger partial charge >= 0.3 is 6.18 Å². The number of nitrogens with one attached hydrogen (secondary N) is 1. The van der Waals surface area contributed by atoms with Gasteiger partial charge < -0.3 is 10.4 Å². The van der Waals surface area contributed by atoms with Crippen molar-refractivity contribution in [3.05, 3.63) is 0 Å². The number of aliphatic hydroxyl groups excluding tert-OH is 1. The highest BCUT2D eigenvalue weighted by Gasteiger charge is 2.28. The Balaban J connectivity index is 2.17. The Morgan fingerprint density at radius 2 is 1.86 bits per heavy atom. The molecule has 1 rings (SSSR count). The van der Waals surface area contributed by atoms with Crippen LogP contribution in [0.5, 0.6) is 0 Å². The molecule has 0 aromatic heterocycles. The van der Waals surface area contributed by atoms with Crippen molar-refractivity contribution in [3.63, 3.8) is 0 Å². The first-order valence-electron chi connectivity index (χ1n) is 4.97. The molecule has 1 fully saturated rings. The highest BCUT2D eigenvalue weighted by molar-refractivity contribution is 4.80. The fourth-order valence-electron chi connectivity index (χ4n) is 1.75. The molecule has 2 atom stereocenters. The van der Waals surface area contributed by atoms with Gasteiger partial charge in [-0.1, -0.05) is 12.8 Å². The fourth-order valence-corrected chi connectivity index (χ4v) is 1.75. The molecule has 14 heavy (non-hydrogen) atoms. The maximum Gasteiger partial charge on any atom is 0.390 e. The van der Waals surface area contributed by atoms with E-state index in [9.17, 15) is 18.3 Å². The van der Waals surface area contributed by atoms with Crippen LogP contribution in [0.15, 0.2) is 0 Å². The molecule has 2 nitrogen and oxygen atoms in total. The molecule has 0 heterocycles. The molecule has 1 saturated carbocycles. The molecule has 84 valence electrons. The van der Waals surface area contributed by atoms with E-state index in [4.69, 9.17) is 0 Å². The van der Waals surface area contributed by atoms with Crippen molar-refractivity contribution in [1.82, 2.24) is 5.32 Å². The van der Waals surface area contributed by atoms with Crippen molar-refractivity contribution < 1.29 is 18.3 Å². The molecule has 1 aliphatic rings. The number of alkyl halides is 3. The van der Waals surface area contributed by atoms with Gasteiger partial charge in [0.1, 0.15) is 0 Å². The van der Waals surface area contributed by atoms with E-state index in [1.54, 1.807) is 0 Å². The first-order valence-corrected chi connectivity index (χ1v) is 4.97. The molecular weight excluding hydrogens is 195 g/mol. The van der Waals surface area contributed by atoms with E-state index >= 15 is 0 Å². The zero-order chi connectivity index (χ0) is 10.6. The van der Waals surface area contributed by atoms with Crippen LogP contribution in [0.3, 0.4) is 0 Å². The van der Waals surface area contributed by atoms with Crippen LogP contribution < -0.4 is 5.32 Å². The third-order valence-electron chi connectivity index (χ3n) is 2.54. The smallest absolute Gasteiger partial charge is 0.390 e.